The van der Waals surface area contributed by atoms with Crippen LogP contribution in [-0.2, 0) is 9.84 Å². The fraction of sp³-hybridized carbons (Fsp3) is 0.400. The second-order valence-corrected chi connectivity index (χ2v) is 11.7. The van der Waals surface area contributed by atoms with Crippen molar-refractivity contribution in [2.45, 2.75) is 11.3 Å². The van der Waals surface area contributed by atoms with E-state index in [-0.39, 0.29) is 28.7 Å². The summed E-state index contributed by atoms with van der Waals surface area (Å²) < 4.78 is 23.5. The normalized spacial score (nSPS) is 24.2. The smallest absolute Gasteiger partial charge is 0.254 e. The maximum atomic E-state index is 13.1. The zero-order valence-corrected chi connectivity index (χ0v) is 19.4. The quantitative estimate of drug-likeness (QED) is 0.690. The average Bonchev–Trinajstić information content (AvgIpc) is 3.28. The van der Waals surface area contributed by atoms with Gasteiger partial charge in [-0.05, 0) is 24.3 Å². The summed E-state index contributed by atoms with van der Waals surface area (Å²) in [5.74, 6) is 0.832. The van der Waals surface area contributed by atoms with Crippen LogP contribution in [0.4, 0.5) is 11.6 Å². The first-order valence-electron chi connectivity index (χ1n) is 10.2. The summed E-state index contributed by atoms with van der Waals surface area (Å²) in [5.41, 5.74) is 1.12. The highest BCUT2D eigenvalue weighted by atomic mass is 35.5. The summed E-state index contributed by atoms with van der Waals surface area (Å²) in [6.07, 6.45) is 3.42. The first-order chi connectivity index (χ1) is 15.4. The lowest BCUT2D eigenvalue weighted by Crippen LogP contribution is -2.49. The highest BCUT2D eigenvalue weighted by Crippen LogP contribution is 2.35. The van der Waals surface area contributed by atoms with E-state index in [1.807, 2.05) is 4.90 Å². The van der Waals surface area contributed by atoms with Crippen LogP contribution in [0, 0.1) is 0 Å². The third-order valence-corrected chi connectivity index (χ3v) is 9.15. The van der Waals surface area contributed by atoms with Gasteiger partial charge >= 0.3 is 0 Å². The second-order valence-electron chi connectivity index (χ2n) is 7.88. The number of fused-ring (bicyclic) bond motifs is 1. The number of carbonyl (C=O) groups is 1. The molecule has 5 rings (SSSR count). The molecule has 32 heavy (non-hydrogen) atoms. The molecule has 0 spiro atoms. The zero-order valence-electron chi connectivity index (χ0n) is 17.0. The molecule has 0 radical (unpaired) electrons. The van der Waals surface area contributed by atoms with Crippen molar-refractivity contribution in [1.82, 2.24) is 14.9 Å². The zero-order chi connectivity index (χ0) is 22.3. The van der Waals surface area contributed by atoms with Gasteiger partial charge in [0.05, 0.1) is 28.3 Å². The molecule has 9 nitrogen and oxygen atoms in total. The minimum atomic E-state index is -3.01. The number of carbonyl (C=O) groups excluding carboxylic acids is 1. The van der Waals surface area contributed by atoms with Crippen LogP contribution in [0.5, 0.6) is 0 Å². The maximum Gasteiger partial charge on any atom is 0.254 e. The first-order valence-corrected chi connectivity index (χ1v) is 13.3. The lowest BCUT2D eigenvalue weighted by Gasteiger charge is -2.34. The number of anilines is 2. The summed E-state index contributed by atoms with van der Waals surface area (Å²) in [7, 11) is -3.01. The lowest BCUT2D eigenvalue weighted by atomic mass is 10.1. The number of piperazine rings is 1. The molecule has 3 aliphatic rings. The van der Waals surface area contributed by atoms with Crippen LogP contribution in [0.1, 0.15) is 10.4 Å². The number of thioether (sulfide) groups is 1. The summed E-state index contributed by atoms with van der Waals surface area (Å²) in [5, 5.41) is 4.23. The van der Waals surface area contributed by atoms with Crippen molar-refractivity contribution in [2.24, 2.45) is 4.99 Å². The first kappa shape index (κ1) is 21.5. The van der Waals surface area contributed by atoms with E-state index in [1.165, 1.54) is 11.8 Å². The number of hydrogen-bond acceptors (Lipinski definition) is 9. The number of amidine groups is 1. The molecule has 0 bridgehead atoms. The van der Waals surface area contributed by atoms with E-state index in [4.69, 9.17) is 11.6 Å². The number of halogens is 1. The number of nitrogens with one attached hydrogen (secondary N) is 1. The summed E-state index contributed by atoms with van der Waals surface area (Å²) in [6.45, 7) is 2.47. The highest BCUT2D eigenvalue weighted by Gasteiger charge is 2.42. The van der Waals surface area contributed by atoms with Gasteiger partial charge < -0.3 is 15.1 Å². The van der Waals surface area contributed by atoms with Crippen molar-refractivity contribution < 1.29 is 13.2 Å². The summed E-state index contributed by atoms with van der Waals surface area (Å²) >= 11 is 7.77. The van der Waals surface area contributed by atoms with Crippen LogP contribution in [-0.4, -0.2) is 83.3 Å². The molecule has 0 aliphatic carbocycles. The molecule has 0 saturated carbocycles. The molecule has 4 heterocycles. The van der Waals surface area contributed by atoms with Gasteiger partial charge in [-0.3, -0.25) is 9.79 Å². The monoisotopic (exact) mass is 492 g/mol. The molecule has 1 amide bonds. The molecule has 1 aromatic carbocycles. The molecular weight excluding hydrogens is 472 g/mol. The lowest BCUT2D eigenvalue weighted by molar-refractivity contribution is 0.0746. The number of benzene rings is 1. The van der Waals surface area contributed by atoms with Crippen LogP contribution < -0.4 is 10.2 Å². The third kappa shape index (κ3) is 4.41. The fourth-order valence-electron chi connectivity index (χ4n) is 4.03. The molecule has 12 heteroatoms. The van der Waals surface area contributed by atoms with Crippen molar-refractivity contribution in [3.05, 3.63) is 47.2 Å². The van der Waals surface area contributed by atoms with Crippen molar-refractivity contribution in [2.75, 3.05) is 47.9 Å². The molecule has 2 aromatic rings. The van der Waals surface area contributed by atoms with Crippen LogP contribution in [0.3, 0.4) is 0 Å². The molecule has 168 valence electrons. The molecule has 2 atom stereocenters. The fourth-order valence-corrected chi connectivity index (χ4v) is 7.86. The van der Waals surface area contributed by atoms with E-state index in [0.717, 1.165) is 0 Å². The molecule has 3 aliphatic heterocycles. The number of hydrogen-bond donors (Lipinski definition) is 1. The van der Waals surface area contributed by atoms with Crippen molar-refractivity contribution >= 4 is 55.9 Å². The van der Waals surface area contributed by atoms with Crippen LogP contribution in [0.25, 0.3) is 0 Å². The predicted octanol–water partition coefficient (Wildman–Crippen LogP) is 1.77. The topological polar surface area (TPSA) is 108 Å². The number of sulfone groups is 1. The Hall–Kier alpha value is -2.37. The van der Waals surface area contributed by atoms with Crippen LogP contribution >= 0.6 is 23.4 Å². The summed E-state index contributed by atoms with van der Waals surface area (Å²) in [6, 6.07) is 6.69. The van der Waals surface area contributed by atoms with Gasteiger partial charge in [0.25, 0.3) is 5.91 Å². The minimum Gasteiger partial charge on any atom is -0.337 e. The minimum absolute atomic E-state index is 0.0593. The summed E-state index contributed by atoms with van der Waals surface area (Å²) in [4.78, 5) is 30.0. The Labute approximate surface area is 195 Å². The van der Waals surface area contributed by atoms with Crippen LogP contribution in [0.2, 0.25) is 5.02 Å². The Bertz CT molecular complexity index is 1170. The predicted molar refractivity (Wildman–Crippen MR) is 126 cm³/mol. The van der Waals surface area contributed by atoms with Gasteiger partial charge in [-0.2, -0.15) is 0 Å². The number of amides is 1. The number of nitrogens with zero attached hydrogens (tertiary/aromatic N) is 5. The maximum absolute atomic E-state index is 13.1. The number of aromatic nitrogens is 2. The van der Waals surface area contributed by atoms with Gasteiger partial charge in [-0.25, -0.2) is 18.4 Å². The largest absolute Gasteiger partial charge is 0.337 e. The van der Waals surface area contributed by atoms with E-state index in [9.17, 15) is 13.2 Å². The Kier molecular flexibility index (Phi) is 5.72. The third-order valence-electron chi connectivity index (χ3n) is 5.67. The second kappa shape index (κ2) is 8.53. The molecule has 2 saturated heterocycles. The number of rotatable bonds is 3. The molecule has 1 N–H and O–H groups in total. The SMILES string of the molecule is O=C(c1ccc(Cl)c(NC2=NC3CS(=O)(=O)CC3S2)c1)N1CCN(c2ncccn2)CC1. The molecule has 2 unspecified atom stereocenters. The van der Waals surface area contributed by atoms with E-state index >= 15 is 0 Å². The average molecular weight is 493 g/mol. The van der Waals surface area contributed by atoms with Gasteiger partial charge in [0.15, 0.2) is 15.0 Å². The molecule has 1 aromatic heterocycles. The highest BCUT2D eigenvalue weighted by molar-refractivity contribution is 8.15. The van der Waals surface area contributed by atoms with Gasteiger partial charge in [-0.15, -0.1) is 0 Å². The van der Waals surface area contributed by atoms with Crippen LogP contribution in [0.15, 0.2) is 41.7 Å². The number of aliphatic imine (C=N–C) groups is 1. The standard InChI is InChI=1S/C20H21ClN6O3S2/c21-14-3-2-13(10-15(14)24-20-25-16-11-32(29,30)12-17(16)31-20)18(28)26-6-8-27(9-7-26)19-22-4-1-5-23-19/h1-5,10,16-17H,6-9,11-12H2,(H,24,25). The Morgan fingerprint density at radius 1 is 1.12 bits per heavy atom. The van der Waals surface area contributed by atoms with Crippen molar-refractivity contribution in [3.63, 3.8) is 0 Å². The van der Waals surface area contributed by atoms with Gasteiger partial charge in [0.2, 0.25) is 5.95 Å². The van der Waals surface area contributed by atoms with Crippen molar-refractivity contribution in [1.29, 1.82) is 0 Å². The molecular formula is C20H21ClN6O3S2. The Balaban J connectivity index is 1.25. The molecule has 2 fully saturated rings. The van der Waals surface area contributed by atoms with Crippen molar-refractivity contribution in [3.8, 4) is 0 Å². The van der Waals surface area contributed by atoms with E-state index < -0.39 is 9.84 Å². The van der Waals surface area contributed by atoms with Gasteiger partial charge in [0, 0.05) is 49.4 Å². The van der Waals surface area contributed by atoms with E-state index in [2.05, 4.69) is 25.2 Å². The Morgan fingerprint density at radius 2 is 1.88 bits per heavy atom. The van der Waals surface area contributed by atoms with E-state index in [0.29, 0.717) is 53.6 Å². The van der Waals surface area contributed by atoms with E-state index in [1.54, 1.807) is 36.7 Å². The van der Waals surface area contributed by atoms with Gasteiger partial charge in [-0.1, -0.05) is 23.4 Å². The van der Waals surface area contributed by atoms with Gasteiger partial charge in [0.1, 0.15) is 0 Å². The Morgan fingerprint density at radius 3 is 2.59 bits per heavy atom.